The molecule has 0 aliphatic rings. The average Bonchev–Trinajstić information content (AvgIpc) is 2.37. The fourth-order valence-corrected chi connectivity index (χ4v) is 1.71. The third-order valence-electron chi connectivity index (χ3n) is 2.64. The lowest BCUT2D eigenvalue weighted by Gasteiger charge is -2.07. The third kappa shape index (κ3) is 2.32. The van der Waals surface area contributed by atoms with Gasteiger partial charge in [-0.2, -0.15) is 0 Å². The second kappa shape index (κ2) is 4.87. The van der Waals surface area contributed by atoms with Crippen molar-refractivity contribution in [1.29, 1.82) is 0 Å². The van der Waals surface area contributed by atoms with Gasteiger partial charge >= 0.3 is 0 Å². The molecule has 0 unspecified atom stereocenters. The Kier molecular flexibility index (Phi) is 3.28. The maximum absolute atomic E-state index is 12.3. The predicted octanol–water partition coefficient (Wildman–Crippen LogP) is 2.21. The van der Waals surface area contributed by atoms with Crippen LogP contribution in [0.15, 0.2) is 36.7 Å². The molecule has 0 amide bonds. The fourth-order valence-electron chi connectivity index (χ4n) is 1.71. The smallest absolute Gasteiger partial charge is 0.196 e. The van der Waals surface area contributed by atoms with Crippen LogP contribution in [0.25, 0.3) is 0 Å². The van der Waals surface area contributed by atoms with Gasteiger partial charge in [-0.3, -0.25) is 9.78 Å². The Morgan fingerprint density at radius 3 is 2.67 bits per heavy atom. The van der Waals surface area contributed by atoms with Crippen molar-refractivity contribution in [3.05, 3.63) is 53.3 Å². The van der Waals surface area contributed by atoms with Gasteiger partial charge in [0.2, 0.25) is 0 Å². The Bertz CT molecular complexity index is 594. The Labute approximate surface area is 105 Å². The number of hydrogen-bond donors (Lipinski definition) is 1. The van der Waals surface area contributed by atoms with Gasteiger partial charge in [-0.15, -0.1) is 0 Å². The van der Waals surface area contributed by atoms with E-state index in [9.17, 15) is 4.79 Å². The van der Waals surface area contributed by atoms with Gasteiger partial charge in [-0.05, 0) is 30.7 Å². The monoisotopic (exact) mass is 242 g/mol. The largest absolute Gasteiger partial charge is 0.497 e. The van der Waals surface area contributed by atoms with Crippen LogP contribution in [0.5, 0.6) is 5.75 Å². The van der Waals surface area contributed by atoms with Crippen LogP contribution in [-0.4, -0.2) is 17.9 Å². The number of ketones is 1. The number of hydrogen-bond acceptors (Lipinski definition) is 4. The highest BCUT2D eigenvalue weighted by molar-refractivity contribution is 6.12. The number of nitrogen functional groups attached to an aromatic ring is 1. The van der Waals surface area contributed by atoms with E-state index >= 15 is 0 Å². The van der Waals surface area contributed by atoms with Crippen molar-refractivity contribution in [1.82, 2.24) is 4.98 Å². The molecule has 0 spiro atoms. The minimum atomic E-state index is -0.133. The molecule has 1 heterocycles. The highest BCUT2D eigenvalue weighted by Gasteiger charge is 2.13. The molecule has 0 atom stereocenters. The Hall–Kier alpha value is -2.36. The van der Waals surface area contributed by atoms with Gasteiger partial charge in [0.05, 0.1) is 7.11 Å². The average molecular weight is 242 g/mol. The molecular weight excluding hydrogens is 228 g/mol. The number of anilines is 1. The van der Waals surface area contributed by atoms with Crippen molar-refractivity contribution in [3.63, 3.8) is 0 Å². The van der Waals surface area contributed by atoms with E-state index in [1.165, 1.54) is 0 Å². The van der Waals surface area contributed by atoms with Crippen molar-refractivity contribution in [2.45, 2.75) is 6.92 Å². The number of rotatable bonds is 3. The van der Waals surface area contributed by atoms with Crippen LogP contribution in [0.1, 0.15) is 21.5 Å². The van der Waals surface area contributed by atoms with Gasteiger partial charge in [0.25, 0.3) is 0 Å². The van der Waals surface area contributed by atoms with E-state index in [1.807, 2.05) is 6.92 Å². The van der Waals surface area contributed by atoms with Crippen molar-refractivity contribution in [3.8, 4) is 5.75 Å². The molecule has 0 aliphatic carbocycles. The van der Waals surface area contributed by atoms with Crippen LogP contribution in [0.2, 0.25) is 0 Å². The Morgan fingerprint density at radius 1 is 1.28 bits per heavy atom. The quantitative estimate of drug-likeness (QED) is 0.662. The van der Waals surface area contributed by atoms with Crippen LogP contribution in [0.3, 0.4) is 0 Å². The highest BCUT2D eigenvalue weighted by Crippen LogP contribution is 2.22. The zero-order valence-electron chi connectivity index (χ0n) is 10.3. The summed E-state index contributed by atoms with van der Waals surface area (Å²) in [5.41, 5.74) is 8.19. The van der Waals surface area contributed by atoms with Crippen molar-refractivity contribution >= 4 is 11.5 Å². The third-order valence-corrected chi connectivity index (χ3v) is 2.64. The number of carbonyl (C=O) groups excluding carboxylic acids is 1. The molecule has 0 saturated carbocycles. The SMILES string of the molecule is COc1ccc(C(=O)c2cncc(C)c2)c(N)c1. The van der Waals surface area contributed by atoms with Gasteiger partial charge in [0.1, 0.15) is 5.75 Å². The molecule has 0 bridgehead atoms. The standard InChI is InChI=1S/C14H14N2O2/c1-9-5-10(8-16-7-9)14(17)12-4-3-11(18-2)6-13(12)15/h3-8H,15H2,1-2H3. The second-order valence-corrected chi connectivity index (χ2v) is 4.03. The number of carbonyl (C=O) groups is 1. The lowest BCUT2D eigenvalue weighted by Crippen LogP contribution is -2.06. The summed E-state index contributed by atoms with van der Waals surface area (Å²) in [4.78, 5) is 16.3. The lowest BCUT2D eigenvalue weighted by atomic mass is 10.0. The second-order valence-electron chi connectivity index (χ2n) is 4.03. The van der Waals surface area contributed by atoms with E-state index in [-0.39, 0.29) is 5.78 Å². The van der Waals surface area contributed by atoms with E-state index < -0.39 is 0 Å². The molecule has 1 aromatic heterocycles. The maximum Gasteiger partial charge on any atom is 0.196 e. The first kappa shape index (κ1) is 12.1. The van der Waals surface area contributed by atoms with Gasteiger partial charge in [0, 0.05) is 35.3 Å². The summed E-state index contributed by atoms with van der Waals surface area (Å²) in [7, 11) is 1.56. The molecule has 4 nitrogen and oxygen atoms in total. The van der Waals surface area contributed by atoms with E-state index in [4.69, 9.17) is 10.5 Å². The normalized spacial score (nSPS) is 10.1. The van der Waals surface area contributed by atoms with Gasteiger partial charge in [-0.25, -0.2) is 0 Å². The molecule has 1 aromatic carbocycles. The lowest BCUT2D eigenvalue weighted by molar-refractivity contribution is 0.103. The first-order valence-corrected chi connectivity index (χ1v) is 5.51. The number of aryl methyl sites for hydroxylation is 1. The van der Waals surface area contributed by atoms with Crippen molar-refractivity contribution in [2.24, 2.45) is 0 Å². The van der Waals surface area contributed by atoms with Crippen LogP contribution >= 0.6 is 0 Å². The minimum Gasteiger partial charge on any atom is -0.497 e. The maximum atomic E-state index is 12.3. The number of nitrogens with two attached hydrogens (primary N) is 1. The first-order valence-electron chi connectivity index (χ1n) is 5.51. The summed E-state index contributed by atoms with van der Waals surface area (Å²) in [6.45, 7) is 1.89. The first-order chi connectivity index (χ1) is 8.61. The zero-order chi connectivity index (χ0) is 13.1. The zero-order valence-corrected chi connectivity index (χ0v) is 10.3. The van der Waals surface area contributed by atoms with Crippen LogP contribution in [0, 0.1) is 6.92 Å². The van der Waals surface area contributed by atoms with Crippen LogP contribution < -0.4 is 10.5 Å². The van der Waals surface area contributed by atoms with Gasteiger partial charge in [0.15, 0.2) is 5.78 Å². The molecular formula is C14H14N2O2. The van der Waals surface area contributed by atoms with E-state index in [0.717, 1.165) is 5.56 Å². The molecule has 2 rings (SSSR count). The molecule has 0 saturated heterocycles. The van der Waals surface area contributed by atoms with Crippen LogP contribution in [0.4, 0.5) is 5.69 Å². The van der Waals surface area contributed by atoms with E-state index in [0.29, 0.717) is 22.6 Å². The summed E-state index contributed by atoms with van der Waals surface area (Å²) < 4.78 is 5.05. The molecule has 0 aliphatic heterocycles. The number of aromatic nitrogens is 1. The number of pyridine rings is 1. The summed E-state index contributed by atoms with van der Waals surface area (Å²) in [5, 5.41) is 0. The highest BCUT2D eigenvalue weighted by atomic mass is 16.5. The number of methoxy groups -OCH3 is 1. The van der Waals surface area contributed by atoms with Gasteiger partial charge in [-0.1, -0.05) is 0 Å². The molecule has 2 aromatic rings. The fraction of sp³-hybridized carbons (Fsp3) is 0.143. The van der Waals surface area contributed by atoms with E-state index in [2.05, 4.69) is 4.98 Å². The summed E-state index contributed by atoms with van der Waals surface area (Å²) in [5.74, 6) is 0.498. The summed E-state index contributed by atoms with van der Waals surface area (Å²) in [6, 6.07) is 6.81. The molecule has 92 valence electrons. The van der Waals surface area contributed by atoms with Crippen molar-refractivity contribution < 1.29 is 9.53 Å². The summed E-state index contributed by atoms with van der Waals surface area (Å²) in [6.07, 6.45) is 3.24. The Balaban J connectivity index is 2.40. The molecule has 4 heteroatoms. The molecule has 0 fully saturated rings. The molecule has 0 radical (unpaired) electrons. The number of nitrogens with zero attached hydrogens (tertiary/aromatic N) is 1. The predicted molar refractivity (Wildman–Crippen MR) is 69.8 cm³/mol. The molecule has 18 heavy (non-hydrogen) atoms. The van der Waals surface area contributed by atoms with E-state index in [1.54, 1.807) is 43.8 Å². The Morgan fingerprint density at radius 2 is 2.06 bits per heavy atom. The topological polar surface area (TPSA) is 65.2 Å². The summed E-state index contributed by atoms with van der Waals surface area (Å²) >= 11 is 0. The van der Waals surface area contributed by atoms with Crippen LogP contribution in [-0.2, 0) is 0 Å². The van der Waals surface area contributed by atoms with Gasteiger partial charge < -0.3 is 10.5 Å². The number of ether oxygens (including phenoxy) is 1. The minimum absolute atomic E-state index is 0.133. The number of benzene rings is 1. The van der Waals surface area contributed by atoms with Crippen molar-refractivity contribution in [2.75, 3.05) is 12.8 Å². The molecule has 2 N–H and O–H groups in total.